The first-order valence-corrected chi connectivity index (χ1v) is 8.40. The van der Waals surface area contributed by atoms with Gasteiger partial charge in [0, 0.05) is 5.57 Å². The molecule has 0 aliphatic heterocycles. The van der Waals surface area contributed by atoms with Crippen LogP contribution in [-0.2, 0) is 9.53 Å². The molecular weight excluding hydrogens is 248 g/mol. The fourth-order valence-corrected chi connectivity index (χ4v) is 2.29. The summed E-state index contributed by atoms with van der Waals surface area (Å²) >= 11 is 0. The Balaban J connectivity index is 3.21. The van der Waals surface area contributed by atoms with Crippen molar-refractivity contribution in [2.24, 2.45) is 5.92 Å². The van der Waals surface area contributed by atoms with Crippen molar-refractivity contribution in [2.75, 3.05) is 6.61 Å². The molecule has 1 unspecified atom stereocenters. The molecule has 0 N–H and O–H groups in total. The summed E-state index contributed by atoms with van der Waals surface area (Å²) in [6.45, 7) is 10.4. The molecule has 0 aliphatic carbocycles. The summed E-state index contributed by atoms with van der Waals surface area (Å²) in [4.78, 5) is 11.1. The highest BCUT2D eigenvalue weighted by Gasteiger charge is 2.02. The maximum Gasteiger partial charge on any atom is 0.333 e. The molecule has 0 fully saturated rings. The Kier molecular flexibility index (Phi) is 12.7. The van der Waals surface area contributed by atoms with Crippen molar-refractivity contribution in [1.29, 1.82) is 0 Å². The normalized spacial score (nSPS) is 12.2. The van der Waals surface area contributed by atoms with E-state index < -0.39 is 0 Å². The van der Waals surface area contributed by atoms with Crippen LogP contribution in [0.25, 0.3) is 0 Å². The zero-order valence-corrected chi connectivity index (χ0v) is 13.9. The van der Waals surface area contributed by atoms with Gasteiger partial charge in [-0.1, -0.05) is 78.2 Å². The second-order valence-corrected chi connectivity index (χ2v) is 6.07. The van der Waals surface area contributed by atoms with Gasteiger partial charge in [0.15, 0.2) is 0 Å². The second-order valence-electron chi connectivity index (χ2n) is 6.07. The van der Waals surface area contributed by atoms with Crippen molar-refractivity contribution in [2.45, 2.75) is 85.0 Å². The molecule has 0 heterocycles. The molecule has 0 saturated heterocycles. The number of hydrogen-bond acceptors (Lipinski definition) is 2. The zero-order valence-electron chi connectivity index (χ0n) is 13.9. The Bertz CT molecular complexity index is 258. The molecule has 2 nitrogen and oxygen atoms in total. The highest BCUT2D eigenvalue weighted by molar-refractivity contribution is 5.86. The molecule has 0 aromatic carbocycles. The van der Waals surface area contributed by atoms with Gasteiger partial charge in [0.2, 0.25) is 0 Å². The monoisotopic (exact) mass is 282 g/mol. The van der Waals surface area contributed by atoms with Gasteiger partial charge < -0.3 is 4.74 Å². The van der Waals surface area contributed by atoms with Crippen molar-refractivity contribution in [3.8, 4) is 0 Å². The van der Waals surface area contributed by atoms with Gasteiger partial charge in [-0.15, -0.1) is 0 Å². The van der Waals surface area contributed by atoms with E-state index in [4.69, 9.17) is 4.74 Å². The standard InChI is InChI=1S/C18H34O2/c1-5-6-13-17(4)14-11-9-7-8-10-12-15-20-18(19)16(2)3/h17H,2,5-15H2,1,3-4H3. The van der Waals surface area contributed by atoms with Crippen LogP contribution >= 0.6 is 0 Å². The quantitative estimate of drug-likeness (QED) is 0.247. The molecule has 118 valence electrons. The van der Waals surface area contributed by atoms with Crippen LogP contribution in [0.15, 0.2) is 12.2 Å². The Morgan fingerprint density at radius 1 is 1.00 bits per heavy atom. The van der Waals surface area contributed by atoms with Gasteiger partial charge in [-0.05, 0) is 19.3 Å². The lowest BCUT2D eigenvalue weighted by molar-refractivity contribution is -0.139. The number of carbonyl (C=O) groups excluding carboxylic acids is 1. The van der Waals surface area contributed by atoms with Gasteiger partial charge in [0.05, 0.1) is 6.61 Å². The van der Waals surface area contributed by atoms with E-state index in [2.05, 4.69) is 20.4 Å². The third kappa shape index (κ3) is 12.3. The summed E-state index contributed by atoms with van der Waals surface area (Å²) in [6, 6.07) is 0. The topological polar surface area (TPSA) is 26.3 Å². The van der Waals surface area contributed by atoms with Gasteiger partial charge in [-0.25, -0.2) is 4.79 Å². The molecule has 2 heteroatoms. The number of ether oxygens (including phenoxy) is 1. The van der Waals surface area contributed by atoms with Crippen molar-refractivity contribution >= 4 is 5.97 Å². The van der Waals surface area contributed by atoms with Gasteiger partial charge >= 0.3 is 5.97 Å². The number of carbonyl (C=O) groups is 1. The van der Waals surface area contributed by atoms with Crippen molar-refractivity contribution < 1.29 is 9.53 Å². The molecule has 0 radical (unpaired) electrons. The van der Waals surface area contributed by atoms with E-state index in [1.54, 1.807) is 6.92 Å². The lowest BCUT2D eigenvalue weighted by Gasteiger charge is -2.10. The minimum Gasteiger partial charge on any atom is -0.462 e. The Labute approximate surface area is 126 Å². The molecule has 0 aromatic heterocycles. The van der Waals surface area contributed by atoms with Crippen LogP contribution in [0.5, 0.6) is 0 Å². The first kappa shape index (κ1) is 19.2. The second kappa shape index (κ2) is 13.2. The van der Waals surface area contributed by atoms with Gasteiger partial charge in [0.25, 0.3) is 0 Å². The summed E-state index contributed by atoms with van der Waals surface area (Å²) in [6.07, 6.45) is 12.9. The number of esters is 1. The maximum atomic E-state index is 11.1. The fourth-order valence-electron chi connectivity index (χ4n) is 2.29. The molecule has 1 atom stereocenters. The third-order valence-electron chi connectivity index (χ3n) is 3.72. The van der Waals surface area contributed by atoms with E-state index in [1.165, 1.54) is 51.4 Å². The minimum atomic E-state index is -0.258. The fraction of sp³-hybridized carbons (Fsp3) is 0.833. The van der Waals surface area contributed by atoms with E-state index in [0.29, 0.717) is 12.2 Å². The lowest BCUT2D eigenvalue weighted by Crippen LogP contribution is -2.05. The van der Waals surface area contributed by atoms with Crippen LogP contribution in [0.4, 0.5) is 0 Å². The van der Waals surface area contributed by atoms with E-state index in [-0.39, 0.29) is 5.97 Å². The molecule has 0 spiro atoms. The van der Waals surface area contributed by atoms with Crippen molar-refractivity contribution in [3.63, 3.8) is 0 Å². The number of unbranched alkanes of at least 4 members (excludes halogenated alkanes) is 6. The highest BCUT2D eigenvalue weighted by atomic mass is 16.5. The van der Waals surface area contributed by atoms with E-state index in [9.17, 15) is 4.79 Å². The first-order valence-electron chi connectivity index (χ1n) is 8.40. The highest BCUT2D eigenvalue weighted by Crippen LogP contribution is 2.16. The van der Waals surface area contributed by atoms with Crippen LogP contribution in [0.2, 0.25) is 0 Å². The molecular formula is C18H34O2. The molecule has 20 heavy (non-hydrogen) atoms. The van der Waals surface area contributed by atoms with E-state index in [0.717, 1.165) is 18.8 Å². The van der Waals surface area contributed by atoms with Gasteiger partial charge in [0.1, 0.15) is 0 Å². The minimum absolute atomic E-state index is 0.258. The van der Waals surface area contributed by atoms with E-state index >= 15 is 0 Å². The summed E-state index contributed by atoms with van der Waals surface area (Å²) < 4.78 is 5.06. The largest absolute Gasteiger partial charge is 0.462 e. The van der Waals surface area contributed by atoms with Crippen LogP contribution in [0, 0.1) is 5.92 Å². The van der Waals surface area contributed by atoms with Crippen LogP contribution in [-0.4, -0.2) is 12.6 Å². The smallest absolute Gasteiger partial charge is 0.333 e. The lowest BCUT2D eigenvalue weighted by atomic mass is 9.97. The van der Waals surface area contributed by atoms with Crippen LogP contribution < -0.4 is 0 Å². The first-order chi connectivity index (χ1) is 9.57. The summed E-state index contributed by atoms with van der Waals surface area (Å²) in [7, 11) is 0. The predicted octanol–water partition coefficient (Wildman–Crippen LogP) is 5.66. The Morgan fingerprint density at radius 2 is 1.55 bits per heavy atom. The van der Waals surface area contributed by atoms with Crippen molar-refractivity contribution in [3.05, 3.63) is 12.2 Å². The summed E-state index contributed by atoms with van der Waals surface area (Å²) in [5, 5.41) is 0. The van der Waals surface area contributed by atoms with Crippen molar-refractivity contribution in [1.82, 2.24) is 0 Å². The zero-order chi connectivity index (χ0) is 15.2. The molecule has 0 rings (SSSR count). The maximum absolute atomic E-state index is 11.1. The number of rotatable bonds is 13. The summed E-state index contributed by atoms with van der Waals surface area (Å²) in [5.41, 5.74) is 0.488. The Morgan fingerprint density at radius 3 is 2.15 bits per heavy atom. The van der Waals surface area contributed by atoms with Crippen LogP contribution in [0.3, 0.4) is 0 Å². The number of hydrogen-bond donors (Lipinski definition) is 0. The van der Waals surface area contributed by atoms with E-state index in [1.807, 2.05) is 0 Å². The van der Waals surface area contributed by atoms with Crippen LogP contribution in [0.1, 0.15) is 85.0 Å². The predicted molar refractivity (Wildman–Crippen MR) is 86.8 cm³/mol. The molecule has 0 saturated carbocycles. The molecule has 0 amide bonds. The molecule has 0 bridgehead atoms. The summed E-state index contributed by atoms with van der Waals surface area (Å²) in [5.74, 6) is 0.641. The van der Waals surface area contributed by atoms with Gasteiger partial charge in [-0.2, -0.15) is 0 Å². The SMILES string of the molecule is C=C(C)C(=O)OCCCCCCCCC(C)CCCC. The molecule has 0 aliphatic rings. The average molecular weight is 282 g/mol. The average Bonchev–Trinajstić information content (AvgIpc) is 2.42. The molecule has 0 aromatic rings. The Hall–Kier alpha value is -0.790. The third-order valence-corrected chi connectivity index (χ3v) is 3.72. The van der Waals surface area contributed by atoms with Gasteiger partial charge in [-0.3, -0.25) is 0 Å².